The van der Waals surface area contributed by atoms with Crippen LogP contribution in [-0.4, -0.2) is 29.0 Å². The maximum atomic E-state index is 12.5. The van der Waals surface area contributed by atoms with E-state index in [0.717, 1.165) is 15.9 Å². The zero-order chi connectivity index (χ0) is 20.6. The lowest BCUT2D eigenvalue weighted by Gasteiger charge is -2.14. The summed E-state index contributed by atoms with van der Waals surface area (Å²) in [5.41, 5.74) is 0.505. The first-order valence-corrected chi connectivity index (χ1v) is 10.6. The van der Waals surface area contributed by atoms with Crippen LogP contribution in [0.3, 0.4) is 0 Å². The van der Waals surface area contributed by atoms with Crippen molar-refractivity contribution in [2.75, 3.05) is 4.72 Å². The summed E-state index contributed by atoms with van der Waals surface area (Å²) in [4.78, 5) is 28.0. The molecule has 4 aromatic rings. The van der Waals surface area contributed by atoms with Gasteiger partial charge in [-0.1, -0.05) is 30.3 Å². The van der Waals surface area contributed by atoms with Crippen molar-refractivity contribution in [2.45, 2.75) is 10.9 Å². The highest BCUT2D eigenvalue weighted by atomic mass is 32.2. The fourth-order valence-corrected chi connectivity index (χ4v) is 4.72. The topological polar surface area (TPSA) is 132 Å². The number of nitrogens with zero attached hydrogens (tertiary/aromatic N) is 2. The highest BCUT2D eigenvalue weighted by molar-refractivity contribution is 7.93. The molecule has 0 fully saturated rings. The Hall–Kier alpha value is -3.44. The average Bonchev–Trinajstić information content (AvgIpc) is 3.29. The van der Waals surface area contributed by atoms with Gasteiger partial charge in [0.05, 0.1) is 10.4 Å². The number of rotatable bonds is 6. The van der Waals surface area contributed by atoms with Crippen LogP contribution in [0.5, 0.6) is 0 Å². The normalized spacial score (nSPS) is 12.7. The second kappa shape index (κ2) is 7.18. The van der Waals surface area contributed by atoms with E-state index in [0.29, 0.717) is 5.56 Å². The maximum absolute atomic E-state index is 12.5. The van der Waals surface area contributed by atoms with Gasteiger partial charge in [-0.2, -0.15) is 0 Å². The highest BCUT2D eigenvalue weighted by Crippen LogP contribution is 2.26. The molecule has 0 spiro atoms. The minimum atomic E-state index is -3.96. The van der Waals surface area contributed by atoms with Crippen LogP contribution < -0.4 is 10.5 Å². The van der Waals surface area contributed by atoms with E-state index in [-0.39, 0.29) is 21.1 Å². The zero-order valence-electron chi connectivity index (χ0n) is 14.6. The molecule has 0 saturated heterocycles. The van der Waals surface area contributed by atoms with Gasteiger partial charge in [-0.15, -0.1) is 11.3 Å². The van der Waals surface area contributed by atoms with E-state index in [1.54, 1.807) is 35.7 Å². The van der Waals surface area contributed by atoms with Crippen molar-refractivity contribution < 1.29 is 22.7 Å². The predicted molar refractivity (Wildman–Crippen MR) is 106 cm³/mol. The maximum Gasteiger partial charge on any atom is 0.421 e. The lowest BCUT2D eigenvalue weighted by molar-refractivity contribution is -0.139. The number of anilines is 1. The summed E-state index contributed by atoms with van der Waals surface area (Å²) in [5, 5.41) is 11.5. The van der Waals surface area contributed by atoms with Gasteiger partial charge in [0, 0.05) is 17.6 Å². The molecule has 4 rings (SSSR count). The van der Waals surface area contributed by atoms with Crippen molar-refractivity contribution in [1.29, 1.82) is 0 Å². The first kappa shape index (κ1) is 18.9. The lowest BCUT2D eigenvalue weighted by Crippen LogP contribution is -2.27. The number of benzene rings is 2. The molecule has 2 aromatic carbocycles. The molecule has 0 saturated carbocycles. The molecule has 9 nitrogen and oxygen atoms in total. The Bertz CT molecular complexity index is 1340. The van der Waals surface area contributed by atoms with E-state index < -0.39 is 27.8 Å². The van der Waals surface area contributed by atoms with E-state index in [2.05, 4.69) is 9.71 Å². The second-order valence-corrected chi connectivity index (χ2v) is 8.54. The van der Waals surface area contributed by atoms with Gasteiger partial charge in [-0.3, -0.25) is 9.29 Å². The fourth-order valence-electron chi connectivity index (χ4n) is 2.91. The third-order valence-electron chi connectivity index (χ3n) is 4.16. The molecule has 0 unspecified atom stereocenters. The summed E-state index contributed by atoms with van der Waals surface area (Å²) < 4.78 is 33.5. The van der Waals surface area contributed by atoms with Crippen LogP contribution in [0.2, 0.25) is 0 Å². The van der Waals surface area contributed by atoms with Crippen LogP contribution in [0.4, 0.5) is 5.13 Å². The third kappa shape index (κ3) is 3.52. The van der Waals surface area contributed by atoms with Crippen molar-refractivity contribution in [1.82, 2.24) is 9.55 Å². The van der Waals surface area contributed by atoms with E-state index in [1.165, 1.54) is 24.4 Å². The molecule has 0 bridgehead atoms. The Labute approximate surface area is 167 Å². The Kier molecular flexibility index (Phi) is 4.68. The van der Waals surface area contributed by atoms with E-state index in [1.807, 2.05) is 0 Å². The fraction of sp³-hybridized carbons (Fsp3) is 0.0556. The highest BCUT2D eigenvalue weighted by Gasteiger charge is 2.28. The number of thiazole rings is 1. The standard InChI is InChI=1S/C18H13N3O6S2/c22-16(23)15(11-4-2-1-3-5-11)21-13-7-6-12(10-14(13)27-18(21)24)29(25,26)20-17-19-8-9-28-17/h1-10,15H,(H,19,20)(H,22,23)/t15-/m0/s1. The summed E-state index contributed by atoms with van der Waals surface area (Å²) in [5.74, 6) is -2.15. The van der Waals surface area contributed by atoms with Crippen LogP contribution in [0.25, 0.3) is 11.1 Å². The number of aromatic nitrogens is 2. The molecular weight excluding hydrogens is 418 g/mol. The number of nitrogens with one attached hydrogen (secondary N) is 1. The van der Waals surface area contributed by atoms with Crippen molar-refractivity contribution >= 4 is 43.6 Å². The first-order valence-electron chi connectivity index (χ1n) is 8.22. The minimum Gasteiger partial charge on any atom is -0.479 e. The molecule has 2 heterocycles. The smallest absolute Gasteiger partial charge is 0.421 e. The summed E-state index contributed by atoms with van der Waals surface area (Å²) in [7, 11) is -3.96. The van der Waals surface area contributed by atoms with Gasteiger partial charge in [0.2, 0.25) is 0 Å². The molecule has 148 valence electrons. The number of carboxylic acids is 1. The molecule has 0 aliphatic carbocycles. The van der Waals surface area contributed by atoms with Gasteiger partial charge in [0.15, 0.2) is 16.8 Å². The predicted octanol–water partition coefficient (Wildman–Crippen LogP) is 2.53. The summed E-state index contributed by atoms with van der Waals surface area (Å²) in [6, 6.07) is 10.7. The van der Waals surface area contributed by atoms with Crippen molar-refractivity contribution in [3.05, 3.63) is 76.2 Å². The van der Waals surface area contributed by atoms with E-state index >= 15 is 0 Å². The summed E-state index contributed by atoms with van der Waals surface area (Å²) in [6.07, 6.45) is 1.46. The summed E-state index contributed by atoms with van der Waals surface area (Å²) in [6.45, 7) is 0. The Morgan fingerprint density at radius 3 is 2.62 bits per heavy atom. The Morgan fingerprint density at radius 2 is 1.97 bits per heavy atom. The lowest BCUT2D eigenvalue weighted by atomic mass is 10.1. The van der Waals surface area contributed by atoms with Gasteiger partial charge in [-0.05, 0) is 17.7 Å². The van der Waals surface area contributed by atoms with Crippen molar-refractivity contribution in [3.8, 4) is 0 Å². The largest absolute Gasteiger partial charge is 0.479 e. The van der Waals surface area contributed by atoms with E-state index in [4.69, 9.17) is 4.42 Å². The van der Waals surface area contributed by atoms with Crippen LogP contribution in [0, 0.1) is 0 Å². The van der Waals surface area contributed by atoms with Crippen LogP contribution in [0.15, 0.2) is 74.2 Å². The number of carbonyl (C=O) groups is 1. The first-order chi connectivity index (χ1) is 13.9. The zero-order valence-corrected chi connectivity index (χ0v) is 16.2. The SMILES string of the molecule is O=C(O)[C@H](c1ccccc1)n1c(=O)oc2cc(S(=O)(=O)Nc3nccs3)ccc21. The molecule has 0 radical (unpaired) electrons. The average molecular weight is 431 g/mol. The van der Waals surface area contributed by atoms with Gasteiger partial charge in [0.25, 0.3) is 10.0 Å². The van der Waals surface area contributed by atoms with Crippen molar-refractivity contribution in [2.24, 2.45) is 0 Å². The van der Waals surface area contributed by atoms with Gasteiger partial charge in [-0.25, -0.2) is 23.0 Å². The Balaban J connectivity index is 1.81. The third-order valence-corrected chi connectivity index (χ3v) is 6.31. The van der Waals surface area contributed by atoms with Gasteiger partial charge < -0.3 is 9.52 Å². The van der Waals surface area contributed by atoms with Gasteiger partial charge in [0.1, 0.15) is 0 Å². The number of aliphatic carboxylic acids is 1. The molecule has 1 atom stereocenters. The van der Waals surface area contributed by atoms with Crippen LogP contribution >= 0.6 is 11.3 Å². The number of carboxylic acid groups (broad SMARTS) is 1. The van der Waals surface area contributed by atoms with Crippen molar-refractivity contribution in [3.63, 3.8) is 0 Å². The molecule has 0 aliphatic heterocycles. The number of sulfonamides is 1. The number of fused-ring (bicyclic) bond motifs is 1. The Morgan fingerprint density at radius 1 is 1.21 bits per heavy atom. The molecule has 2 aromatic heterocycles. The molecular formula is C18H13N3O6S2. The number of hydrogen-bond acceptors (Lipinski definition) is 7. The molecule has 11 heteroatoms. The number of hydrogen-bond donors (Lipinski definition) is 2. The summed E-state index contributed by atoms with van der Waals surface area (Å²) >= 11 is 1.12. The van der Waals surface area contributed by atoms with Crippen LogP contribution in [-0.2, 0) is 14.8 Å². The van der Waals surface area contributed by atoms with Gasteiger partial charge >= 0.3 is 11.7 Å². The quantitative estimate of drug-likeness (QED) is 0.479. The second-order valence-electron chi connectivity index (χ2n) is 5.96. The van der Waals surface area contributed by atoms with E-state index in [9.17, 15) is 23.1 Å². The van der Waals surface area contributed by atoms with Crippen LogP contribution in [0.1, 0.15) is 11.6 Å². The molecule has 29 heavy (non-hydrogen) atoms. The molecule has 0 aliphatic rings. The minimum absolute atomic E-state index is 0.0424. The monoisotopic (exact) mass is 431 g/mol. The molecule has 0 amide bonds. The number of oxazole rings is 1. The molecule has 2 N–H and O–H groups in total.